The normalized spacial score (nSPS) is 14.4. The minimum absolute atomic E-state index is 0.0455. The lowest BCUT2D eigenvalue weighted by atomic mass is 10.2. The molecule has 3 N–H and O–H groups in total. The Morgan fingerprint density at radius 3 is 2.45 bits per heavy atom. The van der Waals surface area contributed by atoms with E-state index in [9.17, 15) is 26.6 Å². The first-order chi connectivity index (χ1) is 17.5. The van der Waals surface area contributed by atoms with Crippen LogP contribution in [0.1, 0.15) is 27.7 Å². The first kappa shape index (κ1) is 28.9. The van der Waals surface area contributed by atoms with Crippen molar-refractivity contribution in [1.29, 1.82) is 0 Å². The number of hydrogen-bond donors (Lipinski definition) is 3. The first-order valence-electron chi connectivity index (χ1n) is 11.1. The average Bonchev–Trinajstić information content (AvgIpc) is 2.77. The van der Waals surface area contributed by atoms with Crippen molar-refractivity contribution in [3.63, 3.8) is 0 Å². The van der Waals surface area contributed by atoms with E-state index >= 15 is 4.39 Å². The van der Waals surface area contributed by atoms with Gasteiger partial charge in [0.25, 0.3) is 5.91 Å². The van der Waals surface area contributed by atoms with E-state index in [1.165, 1.54) is 19.1 Å². The van der Waals surface area contributed by atoms with Gasteiger partial charge >= 0.3 is 6.18 Å². The second-order valence-corrected chi connectivity index (χ2v) is 12.1. The Morgan fingerprint density at radius 2 is 1.82 bits per heavy atom. The lowest BCUT2D eigenvalue weighted by molar-refractivity contribution is -0.142. The maximum absolute atomic E-state index is 15.2. The van der Waals surface area contributed by atoms with Crippen molar-refractivity contribution in [2.45, 2.75) is 44.7 Å². The maximum atomic E-state index is 15.2. The molecule has 1 heterocycles. The zero-order valence-electron chi connectivity index (χ0n) is 20.9. The first-order valence-corrected chi connectivity index (χ1v) is 12.9. The molecule has 0 fully saturated rings. The standard InChI is InChI=1S/C24H26F5N5O3S/c1-13(22(35)30-11-24(27,28)29)37-19-8-14(25)6-7-17(19)33-21-20-16(26)9-15(10-18(20)31-12-32-21)34-38(5,36)23(2,3)4/h6-10,12-13H,5,11H2,1-4H3,(H,30,35)(H,34,36)(H,31,32,33)/t13-,38?/m1/s1. The fourth-order valence-corrected chi connectivity index (χ4v) is 3.84. The third-order valence-electron chi connectivity index (χ3n) is 5.29. The molecular formula is C24H26F5N5O3S. The summed E-state index contributed by atoms with van der Waals surface area (Å²) in [6.45, 7) is 4.79. The predicted molar refractivity (Wildman–Crippen MR) is 137 cm³/mol. The Morgan fingerprint density at radius 1 is 1.13 bits per heavy atom. The molecule has 0 spiro atoms. The molecule has 0 saturated heterocycles. The Kier molecular flexibility index (Phi) is 8.05. The van der Waals surface area contributed by atoms with E-state index in [0.717, 1.165) is 24.5 Å². The number of alkyl halides is 3. The molecule has 1 amide bonds. The summed E-state index contributed by atoms with van der Waals surface area (Å²) < 4.78 is 86.7. The third kappa shape index (κ3) is 7.00. The summed E-state index contributed by atoms with van der Waals surface area (Å²) >= 11 is 0. The second kappa shape index (κ2) is 10.6. The van der Waals surface area contributed by atoms with Crippen LogP contribution in [0.2, 0.25) is 0 Å². The van der Waals surface area contributed by atoms with Gasteiger partial charge in [0, 0.05) is 10.8 Å². The van der Waals surface area contributed by atoms with Crippen molar-refractivity contribution in [2.75, 3.05) is 16.6 Å². The summed E-state index contributed by atoms with van der Waals surface area (Å²) in [5.41, 5.74) is 0.370. The van der Waals surface area contributed by atoms with Gasteiger partial charge in [0.15, 0.2) is 6.10 Å². The molecule has 1 unspecified atom stereocenters. The fourth-order valence-electron chi connectivity index (χ4n) is 3.04. The summed E-state index contributed by atoms with van der Waals surface area (Å²) in [6.07, 6.45) is -4.91. The van der Waals surface area contributed by atoms with Crippen LogP contribution in [-0.2, 0) is 14.5 Å². The van der Waals surface area contributed by atoms with Crippen LogP contribution in [0.15, 0.2) is 36.7 Å². The van der Waals surface area contributed by atoms with Gasteiger partial charge in [-0.3, -0.25) is 4.79 Å². The average molecular weight is 560 g/mol. The molecule has 1 aromatic heterocycles. The minimum atomic E-state index is -4.62. The smallest absolute Gasteiger partial charge is 0.405 e. The van der Waals surface area contributed by atoms with Crippen LogP contribution in [-0.4, -0.2) is 49.5 Å². The Bertz CT molecular complexity index is 1460. The van der Waals surface area contributed by atoms with Crippen molar-refractivity contribution < 1.29 is 35.7 Å². The molecule has 206 valence electrons. The van der Waals surface area contributed by atoms with Gasteiger partial charge in [-0.2, -0.15) is 13.2 Å². The van der Waals surface area contributed by atoms with E-state index in [0.29, 0.717) is 0 Å². The van der Waals surface area contributed by atoms with Crippen LogP contribution in [0, 0.1) is 11.6 Å². The van der Waals surface area contributed by atoms with Crippen LogP contribution in [0.4, 0.5) is 39.1 Å². The third-order valence-corrected chi connectivity index (χ3v) is 7.84. The van der Waals surface area contributed by atoms with Crippen LogP contribution in [0.3, 0.4) is 0 Å². The van der Waals surface area contributed by atoms with Crippen LogP contribution < -0.4 is 20.1 Å². The summed E-state index contributed by atoms with van der Waals surface area (Å²) in [5.74, 6) is 0.838. The van der Waals surface area contributed by atoms with Gasteiger partial charge in [0.05, 0.1) is 32.0 Å². The molecular weight excluding hydrogens is 533 g/mol. The number of amides is 1. The van der Waals surface area contributed by atoms with Gasteiger partial charge in [0.1, 0.15) is 36.1 Å². The molecule has 0 saturated carbocycles. The summed E-state index contributed by atoms with van der Waals surface area (Å²) in [5, 5.41) is 4.42. The molecule has 3 aromatic rings. The van der Waals surface area contributed by atoms with E-state index in [2.05, 4.69) is 25.9 Å². The van der Waals surface area contributed by atoms with Crippen molar-refractivity contribution in [3.8, 4) is 5.75 Å². The van der Waals surface area contributed by atoms with Gasteiger partial charge in [-0.25, -0.2) is 23.0 Å². The molecule has 14 heteroatoms. The highest BCUT2D eigenvalue weighted by molar-refractivity contribution is 8.02. The fraction of sp³-hybridized carbons (Fsp3) is 0.333. The number of anilines is 3. The number of hydrogen-bond acceptors (Lipinski definition) is 6. The van der Waals surface area contributed by atoms with Crippen LogP contribution in [0.5, 0.6) is 5.75 Å². The van der Waals surface area contributed by atoms with Gasteiger partial charge in [-0.15, -0.1) is 0 Å². The molecule has 0 bridgehead atoms. The zero-order valence-corrected chi connectivity index (χ0v) is 21.7. The lowest BCUT2D eigenvalue weighted by Gasteiger charge is -2.26. The minimum Gasteiger partial charge on any atom is -0.479 e. The highest BCUT2D eigenvalue weighted by Gasteiger charge is 2.29. The van der Waals surface area contributed by atoms with Gasteiger partial charge in [-0.05, 0) is 57.8 Å². The van der Waals surface area contributed by atoms with E-state index in [4.69, 9.17) is 4.74 Å². The molecule has 0 aliphatic heterocycles. The SMILES string of the molecule is C=S(=O)(Nc1cc(F)c2c(Nc3ccc(F)cc3O[C@H](C)C(=O)NCC(F)(F)F)ncnc2c1)C(C)(C)C. The van der Waals surface area contributed by atoms with Gasteiger partial charge in [-0.1, -0.05) is 0 Å². The number of nitrogens with one attached hydrogen (secondary N) is 3. The maximum Gasteiger partial charge on any atom is 0.405 e. The number of carbonyl (C=O) groups is 1. The molecule has 0 aliphatic carbocycles. The Labute approximate surface area is 216 Å². The number of aromatic nitrogens is 2. The van der Waals surface area contributed by atoms with Crippen molar-refractivity contribution in [1.82, 2.24) is 15.3 Å². The molecule has 0 radical (unpaired) electrons. The topological polar surface area (TPSA) is 105 Å². The lowest BCUT2D eigenvalue weighted by Crippen LogP contribution is -2.41. The molecule has 3 rings (SSSR count). The van der Waals surface area contributed by atoms with Crippen LogP contribution >= 0.6 is 0 Å². The van der Waals surface area contributed by atoms with Crippen LogP contribution in [0.25, 0.3) is 10.9 Å². The molecule has 8 nitrogen and oxygen atoms in total. The van der Waals surface area contributed by atoms with Crippen molar-refractivity contribution >= 4 is 49.6 Å². The summed E-state index contributed by atoms with van der Waals surface area (Å²) in [6, 6.07) is 5.76. The number of ether oxygens (including phenoxy) is 1. The second-order valence-electron chi connectivity index (χ2n) is 9.32. The summed E-state index contributed by atoms with van der Waals surface area (Å²) in [7, 11) is -2.86. The quantitative estimate of drug-likeness (QED) is 0.267. The molecule has 2 atom stereocenters. The number of halogens is 5. The molecule has 38 heavy (non-hydrogen) atoms. The van der Waals surface area contributed by atoms with Crippen molar-refractivity contribution in [2.24, 2.45) is 0 Å². The zero-order chi connectivity index (χ0) is 28.5. The molecule has 0 aliphatic rings. The highest BCUT2D eigenvalue weighted by Crippen LogP contribution is 2.34. The van der Waals surface area contributed by atoms with E-state index in [-0.39, 0.29) is 33.8 Å². The van der Waals surface area contributed by atoms with E-state index in [1.54, 1.807) is 26.1 Å². The molecule has 2 aromatic carbocycles. The number of nitrogens with zero attached hydrogens (tertiary/aromatic N) is 2. The predicted octanol–water partition coefficient (Wildman–Crippen LogP) is 4.94. The summed E-state index contributed by atoms with van der Waals surface area (Å²) in [4.78, 5) is 20.1. The number of carbonyl (C=O) groups excluding carboxylic acids is 1. The highest BCUT2D eigenvalue weighted by atomic mass is 32.2. The Balaban J connectivity index is 1.92. The van der Waals surface area contributed by atoms with E-state index < -0.39 is 50.8 Å². The largest absolute Gasteiger partial charge is 0.479 e. The number of rotatable bonds is 8. The van der Waals surface area contributed by atoms with Gasteiger partial charge < -0.3 is 20.1 Å². The number of fused-ring (bicyclic) bond motifs is 1. The monoisotopic (exact) mass is 559 g/mol. The van der Waals surface area contributed by atoms with Crippen molar-refractivity contribution in [3.05, 3.63) is 48.3 Å². The van der Waals surface area contributed by atoms with Gasteiger partial charge in [0.2, 0.25) is 0 Å². The Hall–Kier alpha value is -3.68. The number of benzene rings is 2. The van der Waals surface area contributed by atoms with E-state index in [1.807, 2.05) is 0 Å².